The number of benzene rings is 4. The van der Waals surface area contributed by atoms with Crippen LogP contribution in [0.5, 0.6) is 11.5 Å². The lowest BCUT2D eigenvalue weighted by Crippen LogP contribution is -2.46. The summed E-state index contributed by atoms with van der Waals surface area (Å²) in [6.45, 7) is 6.71. The standard InChI is InChI=1S/C41H40BrClN4O4/c1-26-31(8-6-9-33(26)35-11-7-10-34(39(35)42)30-14-12-27(13-15-30)23-47(4)5)25-51-38-18-37(50-24-29-16-28(19-44)20-45-21-29)32(17-36(38)43)22-46-41(2,3)40(48)49/h6-18,20-21,46H,22-25H2,1-5H3,(H,48,49). The zero-order chi connectivity index (χ0) is 36.7. The Labute approximate surface area is 312 Å². The van der Waals surface area contributed by atoms with Crippen LogP contribution in [0.2, 0.25) is 5.02 Å². The van der Waals surface area contributed by atoms with Crippen molar-refractivity contribution in [2.75, 3.05) is 14.1 Å². The molecule has 5 rings (SSSR count). The normalized spacial score (nSPS) is 11.4. The van der Waals surface area contributed by atoms with Crippen LogP contribution in [0, 0.1) is 18.3 Å². The van der Waals surface area contributed by atoms with Gasteiger partial charge in [-0.15, -0.1) is 0 Å². The van der Waals surface area contributed by atoms with E-state index in [9.17, 15) is 15.2 Å². The number of halogens is 2. The highest BCUT2D eigenvalue weighted by Gasteiger charge is 2.27. The maximum absolute atomic E-state index is 11.7. The number of rotatable bonds is 14. The van der Waals surface area contributed by atoms with Crippen molar-refractivity contribution < 1.29 is 19.4 Å². The van der Waals surface area contributed by atoms with E-state index in [4.69, 9.17) is 21.1 Å². The van der Waals surface area contributed by atoms with Crippen molar-refractivity contribution in [1.29, 1.82) is 5.26 Å². The number of hydrogen-bond acceptors (Lipinski definition) is 7. The van der Waals surface area contributed by atoms with Gasteiger partial charge in [-0.2, -0.15) is 5.26 Å². The Morgan fingerprint density at radius 3 is 2.31 bits per heavy atom. The topological polar surface area (TPSA) is 108 Å². The number of carbonyl (C=O) groups is 1. The summed E-state index contributed by atoms with van der Waals surface area (Å²) >= 11 is 10.7. The predicted octanol–water partition coefficient (Wildman–Crippen LogP) is 9.18. The predicted molar refractivity (Wildman–Crippen MR) is 205 cm³/mol. The lowest BCUT2D eigenvalue weighted by atomic mass is 9.94. The molecule has 0 aliphatic rings. The summed E-state index contributed by atoms with van der Waals surface area (Å²) in [5, 5.41) is 22.3. The molecule has 0 bridgehead atoms. The molecule has 8 nitrogen and oxygen atoms in total. The number of nitriles is 1. The summed E-state index contributed by atoms with van der Waals surface area (Å²) in [4.78, 5) is 18.0. The third kappa shape index (κ3) is 9.34. The molecule has 2 N–H and O–H groups in total. The molecule has 0 unspecified atom stereocenters. The Morgan fingerprint density at radius 2 is 1.61 bits per heavy atom. The number of nitrogens with zero attached hydrogens (tertiary/aromatic N) is 3. The molecule has 1 aromatic heterocycles. The highest BCUT2D eigenvalue weighted by atomic mass is 79.9. The molecule has 262 valence electrons. The molecular formula is C41H40BrClN4O4. The Bertz CT molecular complexity index is 2080. The zero-order valence-electron chi connectivity index (χ0n) is 29.3. The number of carboxylic acids is 1. The quantitative estimate of drug-likeness (QED) is 0.115. The van der Waals surface area contributed by atoms with E-state index in [0.717, 1.165) is 44.4 Å². The summed E-state index contributed by atoms with van der Waals surface area (Å²) in [6, 6.07) is 28.4. The van der Waals surface area contributed by atoms with Crippen LogP contribution in [-0.4, -0.2) is 40.6 Å². The first-order chi connectivity index (χ1) is 24.4. The molecule has 0 spiro atoms. The number of ether oxygens (including phenoxy) is 2. The molecule has 0 aliphatic carbocycles. The summed E-state index contributed by atoms with van der Waals surface area (Å²) in [6.07, 6.45) is 3.12. The molecule has 0 amide bonds. The number of nitrogens with one attached hydrogen (secondary N) is 1. The molecule has 4 aromatic carbocycles. The number of hydrogen-bond donors (Lipinski definition) is 2. The summed E-state index contributed by atoms with van der Waals surface area (Å²) in [5.74, 6) is -0.102. The number of aliphatic carboxylic acids is 1. The highest BCUT2D eigenvalue weighted by molar-refractivity contribution is 9.10. The minimum Gasteiger partial charge on any atom is -0.488 e. The SMILES string of the molecule is Cc1c(COc2cc(OCc3cncc(C#N)c3)c(CNC(C)(C)C(=O)O)cc2Cl)cccc1-c1cccc(-c2ccc(CN(C)C)cc2)c1Br. The fraction of sp³-hybridized carbons (Fsp3) is 0.244. The fourth-order valence-corrected chi connectivity index (χ4v) is 6.49. The van der Waals surface area contributed by atoms with Crippen molar-refractivity contribution in [3.05, 3.63) is 134 Å². The van der Waals surface area contributed by atoms with Crippen molar-refractivity contribution in [2.45, 2.75) is 52.6 Å². The smallest absolute Gasteiger partial charge is 0.323 e. The first kappa shape index (κ1) is 37.5. The largest absolute Gasteiger partial charge is 0.488 e. The van der Waals surface area contributed by atoms with Crippen molar-refractivity contribution >= 4 is 33.5 Å². The second-order valence-electron chi connectivity index (χ2n) is 13.1. The minimum atomic E-state index is -1.18. The zero-order valence-corrected chi connectivity index (χ0v) is 31.6. The number of carboxylic acid groups (broad SMARTS) is 1. The molecule has 0 radical (unpaired) electrons. The van der Waals surface area contributed by atoms with Gasteiger partial charge >= 0.3 is 5.97 Å². The third-order valence-electron chi connectivity index (χ3n) is 8.57. The van der Waals surface area contributed by atoms with E-state index >= 15 is 0 Å². The van der Waals surface area contributed by atoms with Gasteiger partial charge in [-0.25, -0.2) is 0 Å². The van der Waals surface area contributed by atoms with Crippen molar-refractivity contribution in [2.24, 2.45) is 0 Å². The molecule has 51 heavy (non-hydrogen) atoms. The monoisotopic (exact) mass is 766 g/mol. The van der Waals surface area contributed by atoms with Crippen LogP contribution in [-0.2, 0) is 31.1 Å². The van der Waals surface area contributed by atoms with Gasteiger partial charge in [0.05, 0.1) is 10.6 Å². The van der Waals surface area contributed by atoms with Crippen LogP contribution in [0.25, 0.3) is 22.3 Å². The van der Waals surface area contributed by atoms with Crippen LogP contribution < -0.4 is 14.8 Å². The maximum atomic E-state index is 11.7. The van der Waals surface area contributed by atoms with Gasteiger partial charge in [-0.05, 0) is 102 Å². The van der Waals surface area contributed by atoms with E-state index < -0.39 is 11.5 Å². The van der Waals surface area contributed by atoms with Crippen molar-refractivity contribution in [3.63, 3.8) is 0 Å². The van der Waals surface area contributed by atoms with Gasteiger partial charge in [0.2, 0.25) is 0 Å². The van der Waals surface area contributed by atoms with Crippen LogP contribution >= 0.6 is 27.5 Å². The fourth-order valence-electron chi connectivity index (χ4n) is 5.54. The molecule has 0 fully saturated rings. The third-order valence-corrected chi connectivity index (χ3v) is 9.72. The Kier molecular flexibility index (Phi) is 12.2. The first-order valence-electron chi connectivity index (χ1n) is 16.4. The number of pyridine rings is 1. The molecule has 5 aromatic rings. The molecule has 0 atom stereocenters. The average Bonchev–Trinajstić information content (AvgIpc) is 3.10. The van der Waals surface area contributed by atoms with E-state index in [2.05, 4.69) is 107 Å². The first-order valence-corrected chi connectivity index (χ1v) is 17.5. The second kappa shape index (κ2) is 16.5. The van der Waals surface area contributed by atoms with Gasteiger partial charge in [0.15, 0.2) is 0 Å². The molecule has 0 saturated heterocycles. The van der Waals surface area contributed by atoms with E-state index in [1.54, 1.807) is 38.2 Å². The Balaban J connectivity index is 1.40. The van der Waals surface area contributed by atoms with Crippen LogP contribution in [0.4, 0.5) is 0 Å². The second-order valence-corrected chi connectivity index (χ2v) is 14.3. The Hall–Kier alpha value is -4.72. The van der Waals surface area contributed by atoms with Gasteiger partial charge < -0.3 is 19.5 Å². The minimum absolute atomic E-state index is 0.133. The maximum Gasteiger partial charge on any atom is 0.323 e. The molecule has 10 heteroatoms. The van der Waals surface area contributed by atoms with Gasteiger partial charge in [-0.1, -0.05) is 72.3 Å². The van der Waals surface area contributed by atoms with Crippen LogP contribution in [0.3, 0.4) is 0 Å². The van der Waals surface area contributed by atoms with Crippen molar-refractivity contribution in [3.8, 4) is 39.8 Å². The van der Waals surface area contributed by atoms with E-state index in [1.807, 2.05) is 12.1 Å². The summed E-state index contributed by atoms with van der Waals surface area (Å²) < 4.78 is 13.5. The van der Waals surface area contributed by atoms with Gasteiger partial charge in [0.1, 0.15) is 36.3 Å². The van der Waals surface area contributed by atoms with Crippen LogP contribution in [0.15, 0.2) is 95.7 Å². The van der Waals surface area contributed by atoms with E-state index in [0.29, 0.717) is 33.2 Å². The average molecular weight is 768 g/mol. The molecular weight excluding hydrogens is 728 g/mol. The number of aromatic nitrogens is 1. The van der Waals surface area contributed by atoms with Gasteiger partial charge in [0.25, 0.3) is 0 Å². The van der Waals surface area contributed by atoms with Gasteiger partial charge in [0, 0.05) is 47.1 Å². The van der Waals surface area contributed by atoms with Gasteiger partial charge in [-0.3, -0.25) is 15.1 Å². The van der Waals surface area contributed by atoms with E-state index in [-0.39, 0.29) is 19.8 Å². The van der Waals surface area contributed by atoms with Crippen LogP contribution in [0.1, 0.15) is 47.2 Å². The van der Waals surface area contributed by atoms with Crippen molar-refractivity contribution in [1.82, 2.24) is 15.2 Å². The molecule has 0 saturated carbocycles. The lowest BCUT2D eigenvalue weighted by molar-refractivity contribution is -0.143. The summed E-state index contributed by atoms with van der Waals surface area (Å²) in [7, 11) is 4.13. The summed E-state index contributed by atoms with van der Waals surface area (Å²) in [5.41, 5.74) is 8.33. The Morgan fingerprint density at radius 1 is 0.922 bits per heavy atom. The lowest BCUT2D eigenvalue weighted by Gasteiger charge is -2.23. The molecule has 1 heterocycles. The highest BCUT2D eigenvalue weighted by Crippen LogP contribution is 2.39. The van der Waals surface area contributed by atoms with E-state index in [1.165, 1.54) is 11.8 Å². The molecule has 0 aliphatic heterocycles.